The molecule has 5 nitrogen and oxygen atoms in total. The van der Waals surface area contributed by atoms with E-state index >= 15 is 0 Å². The molecule has 5 heteroatoms. The number of allylic oxidation sites excluding steroid dienone is 1. The molecule has 0 saturated heterocycles. The van der Waals surface area contributed by atoms with Gasteiger partial charge in [0.1, 0.15) is 6.61 Å². The van der Waals surface area contributed by atoms with Crippen LogP contribution in [0.25, 0.3) is 0 Å². The number of hydrogen-bond donors (Lipinski definition) is 1. The molecule has 1 rings (SSSR count). The quantitative estimate of drug-likeness (QED) is 0.454. The first-order chi connectivity index (χ1) is 7.83. The van der Waals surface area contributed by atoms with Gasteiger partial charge in [-0.25, -0.2) is 0 Å². The van der Waals surface area contributed by atoms with E-state index in [1.807, 2.05) is 6.92 Å². The summed E-state index contributed by atoms with van der Waals surface area (Å²) >= 11 is 0. The highest BCUT2D eigenvalue weighted by Gasteiger charge is 2.39. The third-order valence-electron chi connectivity index (χ3n) is 3.48. The normalized spacial score (nSPS) is 33.4. The van der Waals surface area contributed by atoms with E-state index in [1.54, 1.807) is 6.92 Å². The minimum Gasteiger partial charge on any atom is -0.387 e. The Kier molecular flexibility index (Phi) is 4.65. The standard InChI is InChI=1S/C12H21NO4/c1-9(2)10-4-5-12(3,14)11(8-10)17-7-6-13(15)16/h10-11,14H,1,4-8H2,2-3H3/t10-,11?,12?/m0/s1. The fraction of sp³-hybridized carbons (Fsp3) is 0.833. The van der Waals surface area contributed by atoms with Crippen molar-refractivity contribution in [3.8, 4) is 0 Å². The van der Waals surface area contributed by atoms with Gasteiger partial charge < -0.3 is 9.84 Å². The van der Waals surface area contributed by atoms with Gasteiger partial charge in [0, 0.05) is 4.92 Å². The minimum atomic E-state index is -0.886. The van der Waals surface area contributed by atoms with E-state index in [-0.39, 0.29) is 19.3 Å². The van der Waals surface area contributed by atoms with Gasteiger partial charge in [-0.05, 0) is 39.0 Å². The van der Waals surface area contributed by atoms with E-state index in [9.17, 15) is 15.2 Å². The Morgan fingerprint density at radius 2 is 2.35 bits per heavy atom. The van der Waals surface area contributed by atoms with Crippen molar-refractivity contribution < 1.29 is 14.8 Å². The van der Waals surface area contributed by atoms with Crippen molar-refractivity contribution >= 4 is 0 Å². The Hall–Kier alpha value is -0.940. The first kappa shape index (κ1) is 14.1. The summed E-state index contributed by atoms with van der Waals surface area (Å²) in [5.74, 6) is 0.343. The highest BCUT2D eigenvalue weighted by atomic mass is 16.6. The molecule has 0 aromatic rings. The van der Waals surface area contributed by atoms with Crippen LogP contribution in [0.4, 0.5) is 0 Å². The van der Waals surface area contributed by atoms with Crippen LogP contribution in [0.15, 0.2) is 12.2 Å². The lowest BCUT2D eigenvalue weighted by atomic mass is 9.75. The van der Waals surface area contributed by atoms with Gasteiger partial charge in [0.25, 0.3) is 0 Å². The molecule has 1 aliphatic carbocycles. The van der Waals surface area contributed by atoms with Crippen molar-refractivity contribution in [2.45, 2.75) is 44.8 Å². The van der Waals surface area contributed by atoms with Crippen LogP contribution in [-0.4, -0.2) is 34.9 Å². The molecular weight excluding hydrogens is 222 g/mol. The highest BCUT2D eigenvalue weighted by Crippen LogP contribution is 2.36. The van der Waals surface area contributed by atoms with Gasteiger partial charge in [-0.3, -0.25) is 10.1 Å². The zero-order valence-corrected chi connectivity index (χ0v) is 10.5. The Balaban J connectivity index is 2.52. The van der Waals surface area contributed by atoms with Crippen LogP contribution < -0.4 is 0 Å². The van der Waals surface area contributed by atoms with Crippen molar-refractivity contribution in [3.05, 3.63) is 22.3 Å². The van der Waals surface area contributed by atoms with Crippen molar-refractivity contribution in [1.29, 1.82) is 0 Å². The number of aliphatic hydroxyl groups is 1. The fourth-order valence-electron chi connectivity index (χ4n) is 2.22. The molecule has 17 heavy (non-hydrogen) atoms. The van der Waals surface area contributed by atoms with E-state index in [2.05, 4.69) is 6.58 Å². The van der Waals surface area contributed by atoms with Crippen molar-refractivity contribution in [1.82, 2.24) is 0 Å². The lowest BCUT2D eigenvalue weighted by Crippen LogP contribution is -2.46. The maximum atomic E-state index is 10.2. The Morgan fingerprint density at radius 3 is 2.88 bits per heavy atom. The molecular formula is C12H21NO4. The number of nitrogens with zero attached hydrogens (tertiary/aromatic N) is 1. The summed E-state index contributed by atoms with van der Waals surface area (Å²) in [4.78, 5) is 9.81. The number of ether oxygens (including phenoxy) is 1. The summed E-state index contributed by atoms with van der Waals surface area (Å²) in [7, 11) is 0. The summed E-state index contributed by atoms with van der Waals surface area (Å²) < 4.78 is 5.46. The Bertz CT molecular complexity index is 301. The van der Waals surface area contributed by atoms with Gasteiger partial charge in [-0.1, -0.05) is 12.2 Å². The van der Waals surface area contributed by atoms with Gasteiger partial charge in [0.2, 0.25) is 6.54 Å². The SMILES string of the molecule is C=C(C)[C@H]1CCC(C)(O)C(OCC[N+](=O)[O-])C1. The molecule has 1 saturated carbocycles. The maximum Gasteiger partial charge on any atom is 0.226 e. The summed E-state index contributed by atoms with van der Waals surface area (Å²) in [5.41, 5.74) is 0.200. The molecule has 0 bridgehead atoms. The second kappa shape index (κ2) is 5.60. The van der Waals surface area contributed by atoms with Gasteiger partial charge in [-0.2, -0.15) is 0 Å². The van der Waals surface area contributed by atoms with Gasteiger partial charge >= 0.3 is 0 Å². The third kappa shape index (κ3) is 4.09. The molecule has 0 radical (unpaired) electrons. The summed E-state index contributed by atoms with van der Waals surface area (Å²) in [6, 6.07) is 0. The number of rotatable bonds is 5. The van der Waals surface area contributed by atoms with Gasteiger partial charge in [0.05, 0.1) is 11.7 Å². The van der Waals surface area contributed by atoms with E-state index in [4.69, 9.17) is 4.74 Å². The van der Waals surface area contributed by atoms with E-state index in [0.717, 1.165) is 12.0 Å². The lowest BCUT2D eigenvalue weighted by Gasteiger charge is -2.40. The lowest BCUT2D eigenvalue weighted by molar-refractivity contribution is -0.484. The molecule has 2 unspecified atom stereocenters. The van der Waals surface area contributed by atoms with Crippen molar-refractivity contribution in [2.24, 2.45) is 5.92 Å². The number of nitro groups is 1. The predicted octanol–water partition coefficient (Wildman–Crippen LogP) is 1.78. The average Bonchev–Trinajstić information content (AvgIpc) is 2.19. The first-order valence-electron chi connectivity index (χ1n) is 5.94. The van der Waals surface area contributed by atoms with Crippen LogP contribution >= 0.6 is 0 Å². The first-order valence-corrected chi connectivity index (χ1v) is 5.94. The topological polar surface area (TPSA) is 72.6 Å². The molecule has 0 spiro atoms. The second-order valence-corrected chi connectivity index (χ2v) is 5.09. The largest absolute Gasteiger partial charge is 0.387 e. The van der Waals surface area contributed by atoms with Gasteiger partial charge in [0.15, 0.2) is 0 Å². The Morgan fingerprint density at radius 1 is 1.71 bits per heavy atom. The molecule has 1 N–H and O–H groups in total. The monoisotopic (exact) mass is 243 g/mol. The fourth-order valence-corrected chi connectivity index (χ4v) is 2.22. The molecule has 0 aromatic carbocycles. The van der Waals surface area contributed by atoms with Crippen LogP contribution in [0.5, 0.6) is 0 Å². The molecule has 98 valence electrons. The summed E-state index contributed by atoms with van der Waals surface area (Å²) in [6.45, 7) is 7.46. The predicted molar refractivity (Wildman–Crippen MR) is 64.4 cm³/mol. The maximum absolute atomic E-state index is 10.2. The van der Waals surface area contributed by atoms with Crippen LogP contribution in [0.1, 0.15) is 33.1 Å². The smallest absolute Gasteiger partial charge is 0.226 e. The number of hydrogen-bond acceptors (Lipinski definition) is 4. The average molecular weight is 243 g/mol. The van der Waals surface area contributed by atoms with E-state index in [1.165, 1.54) is 0 Å². The van der Waals surface area contributed by atoms with E-state index in [0.29, 0.717) is 18.8 Å². The zero-order chi connectivity index (χ0) is 13.1. The van der Waals surface area contributed by atoms with Crippen LogP contribution in [0.3, 0.4) is 0 Å². The van der Waals surface area contributed by atoms with Crippen LogP contribution in [0, 0.1) is 16.0 Å². The summed E-state index contributed by atoms with van der Waals surface area (Å²) in [6.07, 6.45) is 1.91. The minimum absolute atomic E-state index is 0.0523. The van der Waals surface area contributed by atoms with E-state index < -0.39 is 10.5 Å². The Labute approximate surface area is 102 Å². The van der Waals surface area contributed by atoms with Gasteiger partial charge in [-0.15, -0.1) is 0 Å². The molecule has 0 aliphatic heterocycles. The molecule has 0 amide bonds. The molecule has 0 heterocycles. The van der Waals surface area contributed by atoms with Crippen LogP contribution in [0.2, 0.25) is 0 Å². The molecule has 1 fully saturated rings. The van der Waals surface area contributed by atoms with Crippen molar-refractivity contribution in [2.75, 3.05) is 13.2 Å². The third-order valence-corrected chi connectivity index (χ3v) is 3.48. The molecule has 3 atom stereocenters. The molecule has 1 aliphatic rings. The van der Waals surface area contributed by atoms with Crippen LogP contribution in [-0.2, 0) is 4.74 Å². The van der Waals surface area contributed by atoms with Crippen molar-refractivity contribution in [3.63, 3.8) is 0 Å². The second-order valence-electron chi connectivity index (χ2n) is 5.09. The molecule has 0 aromatic heterocycles. The summed E-state index contributed by atoms with van der Waals surface area (Å²) in [5, 5.41) is 20.4. The highest BCUT2D eigenvalue weighted by molar-refractivity contribution is 5.03. The zero-order valence-electron chi connectivity index (χ0n) is 10.5.